The van der Waals surface area contributed by atoms with Crippen LogP contribution in [0.3, 0.4) is 0 Å². The van der Waals surface area contributed by atoms with Crippen molar-refractivity contribution in [2.75, 3.05) is 0 Å². The van der Waals surface area contributed by atoms with Gasteiger partial charge in [0.05, 0.1) is 24.3 Å². The van der Waals surface area contributed by atoms with Gasteiger partial charge in [-0.2, -0.15) is 0 Å². The molecule has 5 atom stereocenters. The fourth-order valence-corrected chi connectivity index (χ4v) is 2.77. The molecule has 0 aromatic rings. The minimum absolute atomic E-state index is 0.00177. The quantitative estimate of drug-likeness (QED) is 0.433. The van der Waals surface area contributed by atoms with Crippen LogP contribution in [0.15, 0.2) is 12.2 Å². The van der Waals surface area contributed by atoms with Crippen LogP contribution in [0.4, 0.5) is 0 Å². The van der Waals surface area contributed by atoms with E-state index in [0.717, 1.165) is 51.0 Å². The zero-order valence-corrected chi connectivity index (χ0v) is 14.7. The highest BCUT2D eigenvalue weighted by Crippen LogP contribution is 2.23. The van der Waals surface area contributed by atoms with Crippen molar-refractivity contribution in [2.24, 2.45) is 0 Å². The molecule has 24 heavy (non-hydrogen) atoms. The van der Waals surface area contributed by atoms with Gasteiger partial charge in [0.2, 0.25) is 0 Å². The van der Waals surface area contributed by atoms with Crippen molar-refractivity contribution in [3.05, 3.63) is 12.2 Å². The van der Waals surface area contributed by atoms with E-state index < -0.39 is 24.5 Å². The lowest BCUT2D eigenvalue weighted by Gasteiger charge is -2.36. The van der Waals surface area contributed by atoms with Crippen LogP contribution in [0.1, 0.15) is 65.2 Å². The van der Waals surface area contributed by atoms with Gasteiger partial charge >= 0.3 is 0 Å². The van der Waals surface area contributed by atoms with Gasteiger partial charge in [-0.3, -0.25) is 0 Å². The Morgan fingerprint density at radius 2 is 1.92 bits per heavy atom. The van der Waals surface area contributed by atoms with Crippen LogP contribution < -0.4 is 5.11 Å². The number of aliphatic carboxylic acids is 1. The number of carbonyl (C=O) groups is 1. The number of allylic oxidation sites excluding steroid dienone is 1. The van der Waals surface area contributed by atoms with Crippen molar-refractivity contribution in [1.82, 2.24) is 0 Å². The minimum Gasteiger partial charge on any atom is -0.545 e. The molecule has 0 bridgehead atoms. The van der Waals surface area contributed by atoms with Gasteiger partial charge in [0.25, 0.3) is 0 Å². The Kier molecular flexibility index (Phi) is 10.2. The number of hydrogen-bond donors (Lipinski definition) is 2. The van der Waals surface area contributed by atoms with Crippen molar-refractivity contribution >= 4 is 5.97 Å². The van der Waals surface area contributed by atoms with Gasteiger partial charge in [0, 0.05) is 6.42 Å². The van der Waals surface area contributed by atoms with E-state index in [4.69, 9.17) is 9.47 Å². The molecule has 0 aromatic heterocycles. The molecule has 0 spiro atoms. The first kappa shape index (κ1) is 21.1. The van der Waals surface area contributed by atoms with E-state index in [1.807, 2.05) is 6.92 Å². The summed E-state index contributed by atoms with van der Waals surface area (Å²) in [6.45, 7) is 3.75. The zero-order chi connectivity index (χ0) is 17.9. The van der Waals surface area contributed by atoms with E-state index in [2.05, 4.69) is 0 Å². The second-order valence-corrected chi connectivity index (χ2v) is 6.59. The number of carbonyl (C=O) groups excluding carboxylic acids is 1. The first-order valence-electron chi connectivity index (χ1n) is 8.94. The molecule has 1 heterocycles. The monoisotopic (exact) mass is 343 g/mol. The first-order valence-corrected chi connectivity index (χ1v) is 8.94. The molecule has 6 nitrogen and oxygen atoms in total. The van der Waals surface area contributed by atoms with Crippen LogP contribution >= 0.6 is 0 Å². The second-order valence-electron chi connectivity index (χ2n) is 6.59. The van der Waals surface area contributed by atoms with Gasteiger partial charge in [-0.25, -0.2) is 0 Å². The Balaban J connectivity index is 2.04. The van der Waals surface area contributed by atoms with Gasteiger partial charge in [0.1, 0.15) is 6.10 Å². The topological polar surface area (TPSA) is 99.1 Å². The molecular weight excluding hydrogens is 312 g/mol. The molecule has 0 amide bonds. The summed E-state index contributed by atoms with van der Waals surface area (Å²) >= 11 is 0. The molecule has 0 saturated carbocycles. The molecule has 1 fully saturated rings. The third-order valence-corrected chi connectivity index (χ3v) is 4.29. The van der Waals surface area contributed by atoms with Crippen molar-refractivity contribution in [3.8, 4) is 0 Å². The van der Waals surface area contributed by atoms with Gasteiger partial charge in [-0.15, -0.1) is 0 Å². The highest BCUT2D eigenvalue weighted by molar-refractivity contribution is 5.77. The summed E-state index contributed by atoms with van der Waals surface area (Å²) in [5, 5.41) is 29.7. The molecule has 0 aliphatic carbocycles. The standard InChI is InChI=1S/C18H32O6/c1-13(23-18-16(20)12-15(19)14(2)24-18)10-8-6-4-3-5-7-9-11-17(21)22/h9,11,13-16,18-20H,3-8,10,12H2,1-2H3,(H,21,22)/p-1/b11-9+/t13-,14+,15-,16-,18-/m1/s1. The summed E-state index contributed by atoms with van der Waals surface area (Å²) < 4.78 is 11.3. The van der Waals surface area contributed by atoms with Crippen molar-refractivity contribution in [2.45, 2.75) is 95.9 Å². The Morgan fingerprint density at radius 1 is 1.25 bits per heavy atom. The lowest BCUT2D eigenvalue weighted by Crippen LogP contribution is -2.48. The number of aliphatic hydroxyl groups is 2. The number of unbranched alkanes of at least 4 members (excludes halogenated alkanes) is 5. The van der Waals surface area contributed by atoms with E-state index in [9.17, 15) is 20.1 Å². The smallest absolute Gasteiger partial charge is 0.184 e. The Bertz CT molecular complexity index is 384. The van der Waals surface area contributed by atoms with Crippen LogP contribution in [0.2, 0.25) is 0 Å². The molecule has 1 aliphatic heterocycles. The number of hydrogen-bond acceptors (Lipinski definition) is 6. The van der Waals surface area contributed by atoms with Crippen LogP contribution in [0, 0.1) is 0 Å². The fraction of sp³-hybridized carbons (Fsp3) is 0.833. The van der Waals surface area contributed by atoms with Gasteiger partial charge < -0.3 is 29.6 Å². The highest BCUT2D eigenvalue weighted by atomic mass is 16.7. The third kappa shape index (κ3) is 8.78. The number of carboxylic acids is 1. The molecule has 1 rings (SSSR count). The number of rotatable bonds is 11. The summed E-state index contributed by atoms with van der Waals surface area (Å²) in [6, 6.07) is 0. The summed E-state index contributed by atoms with van der Waals surface area (Å²) in [4.78, 5) is 10.2. The molecule has 0 radical (unpaired) electrons. The van der Waals surface area contributed by atoms with Gasteiger partial charge in [-0.1, -0.05) is 31.8 Å². The SMILES string of the molecule is C[C@H](CCCCCCC/C=C/C(=O)[O-])O[C@@H]1O[C@@H](C)[C@H](O)C[C@H]1O. The summed E-state index contributed by atoms with van der Waals surface area (Å²) in [6.07, 6.45) is 7.57. The molecular formula is C18H31O6-. The number of aliphatic hydroxyl groups excluding tert-OH is 2. The summed E-state index contributed by atoms with van der Waals surface area (Å²) in [5.74, 6) is -1.14. The lowest BCUT2D eigenvalue weighted by atomic mass is 10.0. The fourth-order valence-electron chi connectivity index (χ4n) is 2.77. The van der Waals surface area contributed by atoms with E-state index in [-0.39, 0.29) is 18.6 Å². The maximum atomic E-state index is 10.2. The number of carboxylic acid groups (broad SMARTS) is 1. The van der Waals surface area contributed by atoms with E-state index in [1.54, 1.807) is 13.0 Å². The normalized spacial score (nSPS) is 29.0. The van der Waals surface area contributed by atoms with Crippen molar-refractivity contribution in [3.63, 3.8) is 0 Å². The molecule has 0 unspecified atom stereocenters. The largest absolute Gasteiger partial charge is 0.545 e. The van der Waals surface area contributed by atoms with Crippen molar-refractivity contribution in [1.29, 1.82) is 0 Å². The van der Waals surface area contributed by atoms with Crippen LogP contribution in [0.5, 0.6) is 0 Å². The summed E-state index contributed by atoms with van der Waals surface area (Å²) in [7, 11) is 0. The Labute approximate surface area is 144 Å². The van der Waals surface area contributed by atoms with E-state index in [1.165, 1.54) is 0 Å². The summed E-state index contributed by atoms with van der Waals surface area (Å²) in [5.41, 5.74) is 0. The first-order chi connectivity index (χ1) is 11.4. The molecule has 0 aromatic carbocycles. The van der Waals surface area contributed by atoms with Crippen LogP contribution in [0.25, 0.3) is 0 Å². The predicted octanol–water partition coefficient (Wildman–Crippen LogP) is 1.28. The molecule has 2 N–H and O–H groups in total. The number of ether oxygens (including phenoxy) is 2. The lowest BCUT2D eigenvalue weighted by molar-refractivity contribution is -0.297. The van der Waals surface area contributed by atoms with Crippen molar-refractivity contribution < 1.29 is 29.6 Å². The van der Waals surface area contributed by atoms with Crippen LogP contribution in [-0.4, -0.2) is 46.9 Å². The Hall–Kier alpha value is -0.950. The highest BCUT2D eigenvalue weighted by Gasteiger charge is 2.35. The average Bonchev–Trinajstić information content (AvgIpc) is 2.50. The van der Waals surface area contributed by atoms with E-state index >= 15 is 0 Å². The molecule has 6 heteroatoms. The third-order valence-electron chi connectivity index (χ3n) is 4.29. The van der Waals surface area contributed by atoms with Gasteiger partial charge in [0.15, 0.2) is 6.29 Å². The Morgan fingerprint density at radius 3 is 2.62 bits per heavy atom. The average molecular weight is 343 g/mol. The van der Waals surface area contributed by atoms with Crippen LogP contribution in [-0.2, 0) is 14.3 Å². The van der Waals surface area contributed by atoms with Gasteiger partial charge in [-0.05, 0) is 39.2 Å². The molecule has 1 saturated heterocycles. The maximum absolute atomic E-state index is 10.2. The maximum Gasteiger partial charge on any atom is 0.184 e. The molecule has 1 aliphatic rings. The minimum atomic E-state index is -1.14. The molecule has 140 valence electrons. The predicted molar refractivity (Wildman–Crippen MR) is 88.0 cm³/mol. The second kappa shape index (κ2) is 11.6. The zero-order valence-electron chi connectivity index (χ0n) is 14.7. The van der Waals surface area contributed by atoms with E-state index in [0.29, 0.717) is 0 Å².